The molecule has 1 fully saturated rings. The number of nitrogens with one attached hydrogen (secondary N) is 1. The number of aromatic nitrogens is 1. The largest absolute Gasteiger partial charge is 0.373 e. The highest BCUT2D eigenvalue weighted by molar-refractivity contribution is 5.43. The molecule has 2 atom stereocenters. The quantitative estimate of drug-likeness (QED) is 0.843. The lowest BCUT2D eigenvalue weighted by Crippen LogP contribution is -2.26. The molecule has 0 aromatic carbocycles. The molecule has 1 aromatic rings. The first kappa shape index (κ1) is 15.3. The number of pyridine rings is 1. The molecule has 2 rings (SSSR count). The molecule has 3 heteroatoms. The molecule has 0 radical (unpaired) electrons. The molecule has 2 unspecified atom stereocenters. The molecule has 1 saturated carbocycles. The van der Waals surface area contributed by atoms with Gasteiger partial charge < -0.3 is 10.1 Å². The fraction of sp³-hybridized carbons (Fsp3) is 0.706. The van der Waals surface area contributed by atoms with E-state index in [0.29, 0.717) is 12.7 Å². The summed E-state index contributed by atoms with van der Waals surface area (Å²) < 4.78 is 6.15. The summed E-state index contributed by atoms with van der Waals surface area (Å²) in [5.74, 6) is 2.55. The minimum atomic E-state index is 0.410. The SMILES string of the molecule is CCCNc1ncccc1COC1CC(C)CC(C)C1. The summed E-state index contributed by atoms with van der Waals surface area (Å²) in [5, 5.41) is 3.38. The zero-order valence-electron chi connectivity index (χ0n) is 13.1. The average molecular weight is 276 g/mol. The number of hydrogen-bond donors (Lipinski definition) is 1. The maximum Gasteiger partial charge on any atom is 0.131 e. The van der Waals surface area contributed by atoms with Crippen molar-refractivity contribution < 1.29 is 4.74 Å². The van der Waals surface area contributed by atoms with E-state index in [1.165, 1.54) is 24.8 Å². The van der Waals surface area contributed by atoms with E-state index >= 15 is 0 Å². The Bertz CT molecular complexity index is 398. The van der Waals surface area contributed by atoms with E-state index in [1.807, 2.05) is 12.3 Å². The Morgan fingerprint density at radius 3 is 2.70 bits per heavy atom. The van der Waals surface area contributed by atoms with Gasteiger partial charge in [-0.25, -0.2) is 4.98 Å². The molecule has 20 heavy (non-hydrogen) atoms. The van der Waals surface area contributed by atoms with Gasteiger partial charge in [-0.1, -0.05) is 26.8 Å². The zero-order valence-corrected chi connectivity index (χ0v) is 13.1. The Kier molecular flexibility index (Phi) is 5.84. The van der Waals surface area contributed by atoms with Crippen LogP contribution in [0.2, 0.25) is 0 Å². The van der Waals surface area contributed by atoms with Crippen LogP contribution < -0.4 is 5.32 Å². The maximum atomic E-state index is 6.15. The van der Waals surface area contributed by atoms with Crippen LogP contribution in [0.5, 0.6) is 0 Å². The topological polar surface area (TPSA) is 34.2 Å². The lowest BCUT2D eigenvalue weighted by molar-refractivity contribution is -0.00902. The second-order valence-electron chi connectivity index (χ2n) is 6.29. The van der Waals surface area contributed by atoms with E-state index in [9.17, 15) is 0 Å². The molecule has 3 nitrogen and oxygen atoms in total. The van der Waals surface area contributed by atoms with Crippen LogP contribution >= 0.6 is 0 Å². The van der Waals surface area contributed by atoms with E-state index in [2.05, 4.69) is 37.1 Å². The fourth-order valence-corrected chi connectivity index (χ4v) is 3.17. The summed E-state index contributed by atoms with van der Waals surface area (Å²) in [7, 11) is 0. The standard InChI is InChI=1S/C17H28N2O/c1-4-7-18-17-15(6-5-8-19-17)12-20-16-10-13(2)9-14(3)11-16/h5-6,8,13-14,16H,4,7,9-12H2,1-3H3,(H,18,19). The van der Waals surface area contributed by atoms with E-state index in [0.717, 1.165) is 30.6 Å². The van der Waals surface area contributed by atoms with Crippen LogP contribution in [0.15, 0.2) is 18.3 Å². The Labute approximate surface area is 123 Å². The van der Waals surface area contributed by atoms with Crippen LogP contribution in [0.25, 0.3) is 0 Å². The summed E-state index contributed by atoms with van der Waals surface area (Å²) in [6, 6.07) is 4.10. The molecular formula is C17H28N2O. The van der Waals surface area contributed by atoms with Gasteiger partial charge in [-0.05, 0) is 43.6 Å². The number of hydrogen-bond acceptors (Lipinski definition) is 3. The summed E-state index contributed by atoms with van der Waals surface area (Å²) in [4.78, 5) is 4.42. The molecule has 0 bridgehead atoms. The van der Waals surface area contributed by atoms with Gasteiger partial charge in [0.15, 0.2) is 0 Å². The fourth-order valence-electron chi connectivity index (χ4n) is 3.17. The number of rotatable bonds is 6. The Hall–Kier alpha value is -1.09. The van der Waals surface area contributed by atoms with Crippen LogP contribution in [0.4, 0.5) is 5.82 Å². The molecule has 0 amide bonds. The van der Waals surface area contributed by atoms with E-state index in [4.69, 9.17) is 4.74 Å². The Balaban J connectivity index is 1.90. The van der Waals surface area contributed by atoms with Crippen molar-refractivity contribution in [3.8, 4) is 0 Å². The van der Waals surface area contributed by atoms with Crippen LogP contribution in [-0.4, -0.2) is 17.6 Å². The van der Waals surface area contributed by atoms with Gasteiger partial charge in [0, 0.05) is 18.3 Å². The van der Waals surface area contributed by atoms with Gasteiger partial charge in [0.1, 0.15) is 5.82 Å². The van der Waals surface area contributed by atoms with E-state index < -0.39 is 0 Å². The highest BCUT2D eigenvalue weighted by Gasteiger charge is 2.24. The summed E-state index contributed by atoms with van der Waals surface area (Å²) in [5.41, 5.74) is 1.17. The van der Waals surface area contributed by atoms with Crippen molar-refractivity contribution in [2.75, 3.05) is 11.9 Å². The van der Waals surface area contributed by atoms with Gasteiger partial charge in [0.2, 0.25) is 0 Å². The molecule has 1 aromatic heterocycles. The zero-order chi connectivity index (χ0) is 14.4. The third-order valence-electron chi connectivity index (χ3n) is 4.04. The van der Waals surface area contributed by atoms with Crippen molar-refractivity contribution in [1.82, 2.24) is 4.98 Å². The van der Waals surface area contributed by atoms with Crippen LogP contribution in [0, 0.1) is 11.8 Å². The minimum Gasteiger partial charge on any atom is -0.373 e. The first-order chi connectivity index (χ1) is 9.69. The second-order valence-corrected chi connectivity index (χ2v) is 6.29. The molecule has 0 saturated heterocycles. The van der Waals surface area contributed by atoms with Crippen molar-refractivity contribution in [2.45, 2.75) is 59.2 Å². The lowest BCUT2D eigenvalue weighted by Gasteiger charge is -2.31. The van der Waals surface area contributed by atoms with Crippen molar-refractivity contribution in [3.63, 3.8) is 0 Å². The average Bonchev–Trinajstić information content (AvgIpc) is 2.43. The molecule has 112 valence electrons. The molecule has 0 aliphatic heterocycles. The van der Waals surface area contributed by atoms with E-state index in [1.54, 1.807) is 0 Å². The van der Waals surface area contributed by atoms with Crippen molar-refractivity contribution in [3.05, 3.63) is 23.9 Å². The van der Waals surface area contributed by atoms with Gasteiger partial charge in [-0.15, -0.1) is 0 Å². The van der Waals surface area contributed by atoms with Crippen LogP contribution in [-0.2, 0) is 11.3 Å². The maximum absolute atomic E-state index is 6.15. The highest BCUT2D eigenvalue weighted by atomic mass is 16.5. The predicted octanol–water partition coefficient (Wildman–Crippen LogP) is 4.24. The van der Waals surface area contributed by atoms with Gasteiger partial charge >= 0.3 is 0 Å². The van der Waals surface area contributed by atoms with E-state index in [-0.39, 0.29) is 0 Å². The third-order valence-corrected chi connectivity index (χ3v) is 4.04. The Morgan fingerprint density at radius 1 is 1.25 bits per heavy atom. The Morgan fingerprint density at radius 2 is 2.00 bits per heavy atom. The first-order valence-corrected chi connectivity index (χ1v) is 7.98. The van der Waals surface area contributed by atoms with Crippen molar-refractivity contribution >= 4 is 5.82 Å². The third kappa shape index (κ3) is 4.48. The van der Waals surface area contributed by atoms with Gasteiger partial charge in [-0.3, -0.25) is 0 Å². The normalized spacial score (nSPS) is 26.4. The molecule has 1 aliphatic rings. The van der Waals surface area contributed by atoms with Crippen molar-refractivity contribution in [2.24, 2.45) is 11.8 Å². The number of ether oxygens (including phenoxy) is 1. The van der Waals surface area contributed by atoms with Gasteiger partial charge in [-0.2, -0.15) is 0 Å². The van der Waals surface area contributed by atoms with Crippen LogP contribution in [0.3, 0.4) is 0 Å². The lowest BCUT2D eigenvalue weighted by atomic mass is 9.82. The summed E-state index contributed by atoms with van der Waals surface area (Å²) in [6.45, 7) is 8.47. The molecule has 0 spiro atoms. The molecule has 1 heterocycles. The number of anilines is 1. The smallest absolute Gasteiger partial charge is 0.131 e. The molecule has 1 N–H and O–H groups in total. The van der Waals surface area contributed by atoms with Crippen LogP contribution in [0.1, 0.15) is 52.0 Å². The van der Waals surface area contributed by atoms with Gasteiger partial charge in [0.05, 0.1) is 12.7 Å². The molecular weight excluding hydrogens is 248 g/mol. The second kappa shape index (κ2) is 7.63. The number of nitrogens with zero attached hydrogens (tertiary/aromatic N) is 1. The minimum absolute atomic E-state index is 0.410. The van der Waals surface area contributed by atoms with Crippen molar-refractivity contribution in [1.29, 1.82) is 0 Å². The highest BCUT2D eigenvalue weighted by Crippen LogP contribution is 2.31. The first-order valence-electron chi connectivity index (χ1n) is 7.98. The summed E-state index contributed by atoms with van der Waals surface area (Å²) >= 11 is 0. The summed E-state index contributed by atoms with van der Waals surface area (Å²) in [6.07, 6.45) is 7.09. The molecule has 1 aliphatic carbocycles. The monoisotopic (exact) mass is 276 g/mol. The van der Waals surface area contributed by atoms with Gasteiger partial charge in [0.25, 0.3) is 0 Å². The predicted molar refractivity (Wildman–Crippen MR) is 83.8 cm³/mol.